The maximum Gasteiger partial charge on any atom is 0.221 e. The number of carbonyl (C=O) groups excluding carboxylic acids is 2. The van der Waals surface area contributed by atoms with Crippen molar-refractivity contribution in [1.82, 2.24) is 0 Å². The second-order valence-corrected chi connectivity index (χ2v) is 4.63. The van der Waals surface area contributed by atoms with Crippen molar-refractivity contribution in [3.05, 3.63) is 71.3 Å². The summed E-state index contributed by atoms with van der Waals surface area (Å²) in [6.07, 6.45) is 2.48. The van der Waals surface area contributed by atoms with Crippen molar-refractivity contribution in [2.45, 2.75) is 6.92 Å². The highest BCUT2D eigenvalue weighted by Gasteiger charge is 2.05. The molecule has 0 bridgehead atoms. The fourth-order valence-electron chi connectivity index (χ4n) is 1.85. The van der Waals surface area contributed by atoms with Crippen LogP contribution in [0.15, 0.2) is 48.5 Å². The zero-order valence-corrected chi connectivity index (χ0v) is 11.8. The van der Waals surface area contributed by atoms with Crippen LogP contribution < -0.4 is 5.32 Å². The lowest BCUT2D eigenvalue weighted by molar-refractivity contribution is -0.114. The van der Waals surface area contributed by atoms with E-state index >= 15 is 0 Å². The van der Waals surface area contributed by atoms with Crippen LogP contribution in [0.2, 0.25) is 0 Å². The van der Waals surface area contributed by atoms with E-state index in [1.807, 2.05) is 0 Å². The molecule has 0 saturated carbocycles. The van der Waals surface area contributed by atoms with Crippen LogP contribution in [0.1, 0.15) is 22.8 Å². The Bertz CT molecular complexity index is 754. The molecule has 0 aromatic heterocycles. The predicted molar refractivity (Wildman–Crippen MR) is 80.5 cm³/mol. The zero-order chi connectivity index (χ0) is 16.1. The first-order valence-electron chi connectivity index (χ1n) is 6.51. The van der Waals surface area contributed by atoms with E-state index in [1.165, 1.54) is 31.2 Å². The monoisotopic (exact) mass is 301 g/mol. The van der Waals surface area contributed by atoms with Crippen molar-refractivity contribution < 1.29 is 18.4 Å². The average Bonchev–Trinajstić information content (AvgIpc) is 2.45. The van der Waals surface area contributed by atoms with E-state index in [1.54, 1.807) is 18.2 Å². The standard InChI is InChI=1S/C17H13F2NO2/c1-11(21)20-15-4-2-3-13(9-15)17(22)8-6-12-5-7-14(18)10-16(12)19/h2-10H,1H3,(H,20,21). The first-order valence-corrected chi connectivity index (χ1v) is 6.51. The summed E-state index contributed by atoms with van der Waals surface area (Å²) >= 11 is 0. The van der Waals surface area contributed by atoms with Crippen molar-refractivity contribution in [2.75, 3.05) is 5.32 Å². The molecule has 0 radical (unpaired) electrons. The summed E-state index contributed by atoms with van der Waals surface area (Å²) in [5, 5.41) is 2.57. The number of rotatable bonds is 4. The van der Waals surface area contributed by atoms with Crippen LogP contribution in [-0.2, 0) is 4.79 Å². The Morgan fingerprint density at radius 1 is 1.09 bits per heavy atom. The molecule has 0 aliphatic rings. The lowest BCUT2D eigenvalue weighted by atomic mass is 10.1. The summed E-state index contributed by atoms with van der Waals surface area (Å²) in [6.45, 7) is 1.37. The Hall–Kier alpha value is -2.82. The van der Waals surface area contributed by atoms with Crippen molar-refractivity contribution >= 4 is 23.5 Å². The molecule has 5 heteroatoms. The maximum atomic E-state index is 13.5. The lowest BCUT2D eigenvalue weighted by Gasteiger charge is -2.03. The van der Waals surface area contributed by atoms with E-state index in [2.05, 4.69) is 5.32 Å². The number of halogens is 2. The van der Waals surface area contributed by atoms with Gasteiger partial charge in [-0.25, -0.2) is 8.78 Å². The largest absolute Gasteiger partial charge is 0.326 e. The van der Waals surface area contributed by atoms with Gasteiger partial charge >= 0.3 is 0 Å². The summed E-state index contributed by atoms with van der Waals surface area (Å²) in [6, 6.07) is 9.51. The molecule has 2 rings (SSSR count). The number of hydrogen-bond acceptors (Lipinski definition) is 2. The Balaban J connectivity index is 2.18. The molecule has 22 heavy (non-hydrogen) atoms. The van der Waals surface area contributed by atoms with E-state index in [0.717, 1.165) is 12.1 Å². The van der Waals surface area contributed by atoms with Gasteiger partial charge in [0.05, 0.1) is 0 Å². The Morgan fingerprint density at radius 3 is 2.55 bits per heavy atom. The van der Waals surface area contributed by atoms with Crippen LogP contribution in [-0.4, -0.2) is 11.7 Å². The van der Waals surface area contributed by atoms with Crippen LogP contribution >= 0.6 is 0 Å². The lowest BCUT2D eigenvalue weighted by Crippen LogP contribution is -2.06. The maximum absolute atomic E-state index is 13.5. The van der Waals surface area contributed by atoms with Gasteiger partial charge in [-0.2, -0.15) is 0 Å². The van der Waals surface area contributed by atoms with Crippen molar-refractivity contribution in [1.29, 1.82) is 0 Å². The van der Waals surface area contributed by atoms with E-state index in [0.29, 0.717) is 11.3 Å². The van der Waals surface area contributed by atoms with Gasteiger partial charge in [0.25, 0.3) is 0 Å². The Morgan fingerprint density at radius 2 is 1.86 bits per heavy atom. The van der Waals surface area contributed by atoms with Gasteiger partial charge in [0.1, 0.15) is 11.6 Å². The number of nitrogens with one attached hydrogen (secondary N) is 1. The first-order chi connectivity index (χ1) is 10.5. The van der Waals surface area contributed by atoms with Crippen molar-refractivity contribution in [3.63, 3.8) is 0 Å². The third-order valence-corrected chi connectivity index (χ3v) is 2.84. The number of benzene rings is 2. The number of anilines is 1. The molecule has 0 atom stereocenters. The molecule has 0 aliphatic carbocycles. The minimum atomic E-state index is -0.740. The molecule has 0 fully saturated rings. The summed E-state index contributed by atoms with van der Waals surface area (Å²) in [5.74, 6) is -2.01. The average molecular weight is 301 g/mol. The molecule has 2 aromatic carbocycles. The smallest absolute Gasteiger partial charge is 0.221 e. The second-order valence-electron chi connectivity index (χ2n) is 4.63. The molecule has 1 amide bonds. The van der Waals surface area contributed by atoms with Gasteiger partial charge in [-0.05, 0) is 36.4 Å². The van der Waals surface area contributed by atoms with Gasteiger partial charge in [0, 0.05) is 29.8 Å². The Kier molecular flexibility index (Phi) is 4.78. The normalized spacial score (nSPS) is 10.7. The van der Waals surface area contributed by atoms with E-state index in [9.17, 15) is 18.4 Å². The predicted octanol–water partition coefficient (Wildman–Crippen LogP) is 3.82. The second kappa shape index (κ2) is 6.76. The molecule has 0 aliphatic heterocycles. The molecule has 0 heterocycles. The van der Waals surface area contributed by atoms with E-state index in [-0.39, 0.29) is 17.3 Å². The minimum absolute atomic E-state index is 0.118. The highest BCUT2D eigenvalue weighted by Crippen LogP contribution is 2.14. The van der Waals surface area contributed by atoms with E-state index < -0.39 is 11.6 Å². The van der Waals surface area contributed by atoms with Crippen molar-refractivity contribution in [2.24, 2.45) is 0 Å². The highest BCUT2D eigenvalue weighted by atomic mass is 19.1. The van der Waals surface area contributed by atoms with Crippen LogP contribution in [0.25, 0.3) is 6.08 Å². The zero-order valence-electron chi connectivity index (χ0n) is 11.8. The number of amides is 1. The summed E-state index contributed by atoms with van der Waals surface area (Å²) < 4.78 is 26.3. The fraction of sp³-hybridized carbons (Fsp3) is 0.0588. The minimum Gasteiger partial charge on any atom is -0.326 e. The van der Waals surface area contributed by atoms with Crippen LogP contribution in [0.3, 0.4) is 0 Å². The van der Waals surface area contributed by atoms with Crippen LogP contribution in [0.4, 0.5) is 14.5 Å². The van der Waals surface area contributed by atoms with Crippen molar-refractivity contribution in [3.8, 4) is 0 Å². The molecular weight excluding hydrogens is 288 g/mol. The third kappa shape index (κ3) is 4.09. The molecule has 0 saturated heterocycles. The summed E-state index contributed by atoms with van der Waals surface area (Å²) in [5.41, 5.74) is 0.970. The topological polar surface area (TPSA) is 46.2 Å². The fourth-order valence-corrected chi connectivity index (χ4v) is 1.85. The third-order valence-electron chi connectivity index (χ3n) is 2.84. The Labute approximate surface area is 126 Å². The van der Waals surface area contributed by atoms with E-state index in [4.69, 9.17) is 0 Å². The molecule has 0 spiro atoms. The molecule has 1 N–H and O–H groups in total. The highest BCUT2D eigenvalue weighted by molar-refractivity contribution is 6.07. The van der Waals surface area contributed by atoms with Gasteiger partial charge in [-0.1, -0.05) is 12.1 Å². The van der Waals surface area contributed by atoms with Gasteiger partial charge in [0.2, 0.25) is 5.91 Å². The SMILES string of the molecule is CC(=O)Nc1cccc(C(=O)C=Cc2ccc(F)cc2F)c1. The number of ketones is 1. The quantitative estimate of drug-likeness (QED) is 0.689. The van der Waals surface area contributed by atoms with Gasteiger partial charge in [-0.3, -0.25) is 9.59 Å². The number of carbonyl (C=O) groups is 2. The first kappa shape index (κ1) is 15.6. The number of hydrogen-bond donors (Lipinski definition) is 1. The number of allylic oxidation sites excluding steroid dienone is 1. The molecule has 2 aromatic rings. The molecule has 112 valence electrons. The van der Waals surface area contributed by atoms with Gasteiger partial charge < -0.3 is 5.32 Å². The summed E-state index contributed by atoms with van der Waals surface area (Å²) in [4.78, 5) is 23.0. The van der Waals surface area contributed by atoms with Crippen LogP contribution in [0.5, 0.6) is 0 Å². The van der Waals surface area contributed by atoms with Crippen LogP contribution in [0, 0.1) is 11.6 Å². The summed E-state index contributed by atoms with van der Waals surface area (Å²) in [7, 11) is 0. The van der Waals surface area contributed by atoms with Gasteiger partial charge in [-0.15, -0.1) is 0 Å². The molecular formula is C17H13F2NO2. The molecule has 0 unspecified atom stereocenters. The van der Waals surface area contributed by atoms with Gasteiger partial charge in [0.15, 0.2) is 5.78 Å². The molecule has 3 nitrogen and oxygen atoms in total.